The Bertz CT molecular complexity index is 736. The van der Waals surface area contributed by atoms with Gasteiger partial charge >= 0.3 is 0 Å². The molecule has 0 aliphatic carbocycles. The second-order valence-corrected chi connectivity index (χ2v) is 6.00. The van der Waals surface area contributed by atoms with Gasteiger partial charge in [-0.1, -0.05) is 43.1 Å². The molecule has 6 heteroatoms. The zero-order chi connectivity index (χ0) is 14.1. The summed E-state index contributed by atoms with van der Waals surface area (Å²) in [5.41, 5.74) is 8.44. The number of hydrogen-bond donors (Lipinski definition) is 1. The molecule has 0 saturated heterocycles. The molecule has 0 spiro atoms. The van der Waals surface area contributed by atoms with E-state index in [0.717, 1.165) is 25.6 Å². The van der Waals surface area contributed by atoms with Crippen molar-refractivity contribution in [3.8, 4) is 22.5 Å². The summed E-state index contributed by atoms with van der Waals surface area (Å²) in [5.74, 6) is 0.974. The number of hydrogen-bond acceptors (Lipinski definition) is 4. The van der Waals surface area contributed by atoms with Gasteiger partial charge in [0.1, 0.15) is 0 Å². The third-order valence-electron chi connectivity index (χ3n) is 2.79. The van der Waals surface area contributed by atoms with Gasteiger partial charge in [-0.2, -0.15) is 0 Å². The molecule has 4 nitrogen and oxygen atoms in total. The lowest BCUT2D eigenvalue weighted by atomic mass is 10.0. The molecule has 2 heterocycles. The SMILES string of the molecule is Nc1noc(-c2cc(Br)cc(Br)c2)c1-c1cccnc1. The Morgan fingerprint density at radius 1 is 1.05 bits per heavy atom. The molecule has 2 aromatic heterocycles. The lowest BCUT2D eigenvalue weighted by Crippen LogP contribution is -1.89. The van der Waals surface area contributed by atoms with Crippen molar-refractivity contribution in [3.05, 3.63) is 51.7 Å². The van der Waals surface area contributed by atoms with Crippen molar-refractivity contribution in [1.29, 1.82) is 0 Å². The summed E-state index contributed by atoms with van der Waals surface area (Å²) >= 11 is 6.92. The van der Waals surface area contributed by atoms with Crippen molar-refractivity contribution in [1.82, 2.24) is 10.1 Å². The molecule has 100 valence electrons. The highest BCUT2D eigenvalue weighted by atomic mass is 79.9. The maximum absolute atomic E-state index is 5.93. The molecule has 0 saturated carbocycles. The van der Waals surface area contributed by atoms with Crippen LogP contribution in [0.3, 0.4) is 0 Å². The van der Waals surface area contributed by atoms with E-state index in [0.29, 0.717) is 11.6 Å². The van der Waals surface area contributed by atoms with Gasteiger partial charge in [-0.3, -0.25) is 4.98 Å². The quantitative estimate of drug-likeness (QED) is 0.694. The van der Waals surface area contributed by atoms with Crippen LogP contribution in [0.15, 0.2) is 56.2 Å². The summed E-state index contributed by atoms with van der Waals surface area (Å²) in [6, 6.07) is 9.62. The normalized spacial score (nSPS) is 10.7. The maximum Gasteiger partial charge on any atom is 0.177 e. The molecule has 3 aromatic rings. The van der Waals surface area contributed by atoms with Crippen LogP contribution < -0.4 is 5.73 Å². The molecular weight excluding hydrogens is 386 g/mol. The van der Waals surface area contributed by atoms with Crippen molar-refractivity contribution in [2.24, 2.45) is 0 Å². The zero-order valence-corrected chi connectivity index (χ0v) is 13.3. The Hall–Kier alpha value is -1.66. The van der Waals surface area contributed by atoms with E-state index in [1.54, 1.807) is 12.4 Å². The van der Waals surface area contributed by atoms with Gasteiger partial charge in [0.15, 0.2) is 11.6 Å². The van der Waals surface area contributed by atoms with E-state index in [-0.39, 0.29) is 0 Å². The number of nitrogens with zero attached hydrogens (tertiary/aromatic N) is 2. The van der Waals surface area contributed by atoms with Crippen molar-refractivity contribution < 1.29 is 4.52 Å². The van der Waals surface area contributed by atoms with Crippen LogP contribution in [0, 0.1) is 0 Å². The average molecular weight is 395 g/mol. The van der Waals surface area contributed by atoms with Gasteiger partial charge in [0.2, 0.25) is 0 Å². The van der Waals surface area contributed by atoms with Crippen LogP contribution in [0.1, 0.15) is 0 Å². The minimum Gasteiger partial charge on any atom is -0.380 e. The highest BCUT2D eigenvalue weighted by Crippen LogP contribution is 2.38. The summed E-state index contributed by atoms with van der Waals surface area (Å²) in [5, 5.41) is 3.87. The molecule has 0 aliphatic heterocycles. The minimum atomic E-state index is 0.351. The Kier molecular flexibility index (Phi) is 3.58. The number of nitrogen functional groups attached to an aromatic ring is 1. The molecule has 0 amide bonds. The van der Waals surface area contributed by atoms with E-state index in [1.165, 1.54) is 0 Å². The Morgan fingerprint density at radius 3 is 2.45 bits per heavy atom. The van der Waals surface area contributed by atoms with Crippen LogP contribution in [0.25, 0.3) is 22.5 Å². The van der Waals surface area contributed by atoms with E-state index in [4.69, 9.17) is 10.3 Å². The predicted octanol–water partition coefficient (Wildman–Crippen LogP) is 4.51. The molecule has 0 radical (unpaired) electrons. The van der Waals surface area contributed by atoms with E-state index in [1.807, 2.05) is 30.3 Å². The van der Waals surface area contributed by atoms with Crippen LogP contribution in [0.4, 0.5) is 5.82 Å². The molecule has 0 aliphatic rings. The number of benzene rings is 1. The van der Waals surface area contributed by atoms with E-state index >= 15 is 0 Å². The standard InChI is InChI=1S/C14H9Br2N3O/c15-10-4-9(5-11(16)6-10)13-12(14(17)19-20-13)8-2-1-3-18-7-8/h1-7H,(H2,17,19). The fourth-order valence-corrected chi connectivity index (χ4v) is 3.27. The zero-order valence-electron chi connectivity index (χ0n) is 10.2. The highest BCUT2D eigenvalue weighted by Gasteiger charge is 2.18. The van der Waals surface area contributed by atoms with Crippen molar-refractivity contribution in [2.45, 2.75) is 0 Å². The summed E-state index contributed by atoms with van der Waals surface area (Å²) in [7, 11) is 0. The molecule has 3 rings (SSSR count). The maximum atomic E-state index is 5.93. The molecule has 20 heavy (non-hydrogen) atoms. The van der Waals surface area contributed by atoms with Crippen molar-refractivity contribution in [2.75, 3.05) is 5.73 Å². The van der Waals surface area contributed by atoms with Gasteiger partial charge in [0.25, 0.3) is 0 Å². The monoisotopic (exact) mass is 393 g/mol. The van der Waals surface area contributed by atoms with Crippen LogP contribution in [0.5, 0.6) is 0 Å². The fourth-order valence-electron chi connectivity index (χ4n) is 1.97. The second kappa shape index (κ2) is 5.38. The summed E-state index contributed by atoms with van der Waals surface area (Å²) < 4.78 is 7.28. The van der Waals surface area contributed by atoms with Crippen LogP contribution in [-0.4, -0.2) is 10.1 Å². The molecule has 0 fully saturated rings. The molecule has 0 atom stereocenters. The Morgan fingerprint density at radius 2 is 1.80 bits per heavy atom. The van der Waals surface area contributed by atoms with E-state index < -0.39 is 0 Å². The number of rotatable bonds is 2. The molecular formula is C14H9Br2N3O. The Balaban J connectivity index is 2.21. The third-order valence-corrected chi connectivity index (χ3v) is 3.71. The first kappa shape index (κ1) is 13.3. The predicted molar refractivity (Wildman–Crippen MR) is 85.0 cm³/mol. The highest BCUT2D eigenvalue weighted by molar-refractivity contribution is 9.11. The first-order chi connectivity index (χ1) is 9.65. The number of anilines is 1. The van der Waals surface area contributed by atoms with E-state index in [9.17, 15) is 0 Å². The largest absolute Gasteiger partial charge is 0.380 e. The molecule has 1 aromatic carbocycles. The van der Waals surface area contributed by atoms with Crippen molar-refractivity contribution >= 4 is 37.7 Å². The van der Waals surface area contributed by atoms with Crippen LogP contribution >= 0.6 is 31.9 Å². The number of halogens is 2. The smallest absolute Gasteiger partial charge is 0.177 e. The number of nitrogens with two attached hydrogens (primary N) is 1. The van der Waals surface area contributed by atoms with Gasteiger partial charge in [-0.05, 0) is 24.3 Å². The van der Waals surface area contributed by atoms with Crippen LogP contribution in [-0.2, 0) is 0 Å². The summed E-state index contributed by atoms with van der Waals surface area (Å²) in [4.78, 5) is 4.11. The van der Waals surface area contributed by atoms with Gasteiger partial charge in [0, 0.05) is 32.5 Å². The molecule has 0 unspecified atom stereocenters. The summed E-state index contributed by atoms with van der Waals surface area (Å²) in [6.45, 7) is 0. The molecule has 2 N–H and O–H groups in total. The fraction of sp³-hybridized carbons (Fsp3) is 0. The number of pyridine rings is 1. The average Bonchev–Trinajstić information content (AvgIpc) is 2.80. The van der Waals surface area contributed by atoms with E-state index in [2.05, 4.69) is 42.0 Å². The van der Waals surface area contributed by atoms with Crippen molar-refractivity contribution in [3.63, 3.8) is 0 Å². The van der Waals surface area contributed by atoms with Gasteiger partial charge in [0.05, 0.1) is 5.56 Å². The van der Waals surface area contributed by atoms with Gasteiger partial charge in [-0.25, -0.2) is 0 Å². The lowest BCUT2D eigenvalue weighted by Gasteiger charge is -2.04. The minimum absolute atomic E-state index is 0.351. The third kappa shape index (κ3) is 2.48. The second-order valence-electron chi connectivity index (χ2n) is 4.17. The Labute approximate surface area is 132 Å². The topological polar surface area (TPSA) is 64.9 Å². The van der Waals surface area contributed by atoms with Gasteiger partial charge in [-0.15, -0.1) is 0 Å². The first-order valence-corrected chi connectivity index (χ1v) is 7.36. The number of aromatic nitrogens is 2. The van der Waals surface area contributed by atoms with Gasteiger partial charge < -0.3 is 10.3 Å². The summed E-state index contributed by atoms with van der Waals surface area (Å²) in [6.07, 6.45) is 3.45. The van der Waals surface area contributed by atoms with Crippen LogP contribution in [0.2, 0.25) is 0 Å². The molecule has 0 bridgehead atoms. The lowest BCUT2D eigenvalue weighted by molar-refractivity contribution is 0.436. The first-order valence-electron chi connectivity index (χ1n) is 5.77.